The third-order valence-electron chi connectivity index (χ3n) is 6.01. The van der Waals surface area contributed by atoms with Crippen LogP contribution < -0.4 is 10.5 Å². The Morgan fingerprint density at radius 2 is 2.09 bits per heavy atom. The monoisotopic (exact) mass is 518 g/mol. The van der Waals surface area contributed by atoms with Gasteiger partial charge in [-0.05, 0) is 38.3 Å². The van der Waals surface area contributed by atoms with Crippen molar-refractivity contribution in [3.63, 3.8) is 0 Å². The van der Waals surface area contributed by atoms with Crippen molar-refractivity contribution in [2.45, 2.75) is 33.1 Å². The molecule has 1 N–H and O–H groups in total. The van der Waals surface area contributed by atoms with Gasteiger partial charge >= 0.3 is 11.9 Å². The van der Waals surface area contributed by atoms with Crippen LogP contribution >= 0.6 is 24.0 Å². The van der Waals surface area contributed by atoms with E-state index < -0.39 is 17.4 Å². The third kappa shape index (κ3) is 5.41. The molecule has 0 spiro atoms. The second-order valence-corrected chi connectivity index (χ2v) is 9.90. The molecule has 0 aromatic carbocycles. The molecule has 0 saturated carbocycles. The number of aromatic nitrogens is 1. The van der Waals surface area contributed by atoms with Gasteiger partial charge in [-0.15, -0.1) is 0 Å². The molecule has 1 atom stereocenters. The normalized spacial score (nSPS) is 19.3. The van der Waals surface area contributed by atoms with Gasteiger partial charge in [-0.2, -0.15) is 5.26 Å². The summed E-state index contributed by atoms with van der Waals surface area (Å²) < 4.78 is 6.81. The molecule has 35 heavy (non-hydrogen) atoms. The SMILES string of the molecule is CCOC(=O)C1CCCN(c2c(/C=C3\SC(=S)N(CCC(=O)O)C3=O)c(C)c(C#N)c(=O)n2C)C1. The molecule has 1 aromatic heterocycles. The second-order valence-electron chi connectivity index (χ2n) is 8.23. The van der Waals surface area contributed by atoms with Crippen molar-refractivity contribution < 1.29 is 24.2 Å². The fourth-order valence-electron chi connectivity index (χ4n) is 4.25. The lowest BCUT2D eigenvalue weighted by Gasteiger charge is -2.35. The zero-order valence-corrected chi connectivity index (χ0v) is 21.3. The number of nitrogens with zero attached hydrogens (tertiary/aromatic N) is 4. The van der Waals surface area contributed by atoms with Gasteiger partial charge in [0.05, 0.1) is 23.9 Å². The van der Waals surface area contributed by atoms with E-state index in [4.69, 9.17) is 22.1 Å². The van der Waals surface area contributed by atoms with E-state index in [9.17, 15) is 24.4 Å². The number of esters is 1. The first-order valence-electron chi connectivity index (χ1n) is 11.1. The lowest BCUT2D eigenvalue weighted by Crippen LogP contribution is -2.42. The van der Waals surface area contributed by atoms with E-state index in [0.29, 0.717) is 42.9 Å². The minimum atomic E-state index is -1.04. The number of thiocarbonyl (C=S) groups is 1. The van der Waals surface area contributed by atoms with Gasteiger partial charge in [-0.25, -0.2) is 0 Å². The Bertz CT molecular complexity index is 1220. The standard InChI is InChI=1S/C23H26N4O6S2/c1-4-33-22(32)14-6-5-8-26(12-14)19-15(13(2)16(11-24)20(30)25(19)3)10-17-21(31)27(23(34)35-17)9-7-18(28)29/h10,14H,4-9,12H2,1-3H3,(H,28,29)/b17-10-. The van der Waals surface area contributed by atoms with Crippen LogP contribution in [0.15, 0.2) is 9.70 Å². The number of hydrogen-bond donors (Lipinski definition) is 1. The topological polar surface area (TPSA) is 133 Å². The van der Waals surface area contributed by atoms with E-state index in [1.54, 1.807) is 27.0 Å². The number of carbonyl (C=O) groups excluding carboxylic acids is 2. The molecule has 3 heterocycles. The Hall–Kier alpha value is -3.17. The molecule has 0 aliphatic carbocycles. The Morgan fingerprint density at radius 1 is 1.37 bits per heavy atom. The highest BCUT2D eigenvalue weighted by Crippen LogP contribution is 2.36. The highest BCUT2D eigenvalue weighted by molar-refractivity contribution is 8.26. The number of amides is 1. The summed E-state index contributed by atoms with van der Waals surface area (Å²) in [4.78, 5) is 52.7. The second kappa shape index (κ2) is 11.0. The van der Waals surface area contributed by atoms with Gasteiger partial charge in [0, 0.05) is 32.2 Å². The number of ether oxygens (including phenoxy) is 1. The lowest BCUT2D eigenvalue weighted by atomic mass is 9.96. The Balaban J connectivity index is 2.09. The van der Waals surface area contributed by atoms with Crippen molar-refractivity contribution >= 4 is 58.0 Å². The lowest BCUT2D eigenvalue weighted by molar-refractivity contribution is -0.148. The van der Waals surface area contributed by atoms with Gasteiger partial charge in [-0.3, -0.25) is 28.6 Å². The summed E-state index contributed by atoms with van der Waals surface area (Å²) in [6, 6.07) is 1.96. The van der Waals surface area contributed by atoms with E-state index in [1.165, 1.54) is 9.47 Å². The number of carboxylic acid groups (broad SMARTS) is 1. The van der Waals surface area contributed by atoms with Crippen LogP contribution in [-0.4, -0.2) is 63.0 Å². The molecule has 1 aromatic rings. The predicted molar refractivity (Wildman–Crippen MR) is 135 cm³/mol. The number of rotatable bonds is 7. The molecule has 10 nitrogen and oxygen atoms in total. The number of carboxylic acids is 1. The number of carbonyl (C=O) groups is 3. The largest absolute Gasteiger partial charge is 0.481 e. The van der Waals surface area contributed by atoms with Crippen LogP contribution in [0.2, 0.25) is 0 Å². The summed E-state index contributed by atoms with van der Waals surface area (Å²) in [6.45, 7) is 4.53. The zero-order valence-electron chi connectivity index (χ0n) is 19.7. The maximum absolute atomic E-state index is 13.0. The minimum absolute atomic E-state index is 0.0391. The van der Waals surface area contributed by atoms with E-state index in [2.05, 4.69) is 0 Å². The van der Waals surface area contributed by atoms with E-state index in [1.807, 2.05) is 11.0 Å². The molecule has 2 saturated heterocycles. The zero-order chi connectivity index (χ0) is 25.9. The molecule has 2 aliphatic rings. The number of hydrogen-bond acceptors (Lipinski definition) is 9. The molecule has 1 unspecified atom stereocenters. The van der Waals surface area contributed by atoms with Gasteiger partial charge in [0.1, 0.15) is 21.8 Å². The van der Waals surface area contributed by atoms with Crippen molar-refractivity contribution in [2.24, 2.45) is 13.0 Å². The minimum Gasteiger partial charge on any atom is -0.481 e. The van der Waals surface area contributed by atoms with Gasteiger partial charge in [0.2, 0.25) is 0 Å². The predicted octanol–water partition coefficient (Wildman–Crippen LogP) is 2.02. The summed E-state index contributed by atoms with van der Waals surface area (Å²) >= 11 is 6.32. The first-order valence-corrected chi connectivity index (χ1v) is 12.4. The molecule has 186 valence electrons. The summed E-state index contributed by atoms with van der Waals surface area (Å²) in [6.07, 6.45) is 2.72. The third-order valence-corrected chi connectivity index (χ3v) is 7.38. The maximum atomic E-state index is 13.0. The van der Waals surface area contributed by atoms with E-state index >= 15 is 0 Å². The number of aliphatic carboxylic acids is 1. The summed E-state index contributed by atoms with van der Waals surface area (Å²) in [5.41, 5.74) is 0.416. The van der Waals surface area contributed by atoms with Crippen molar-refractivity contribution in [1.29, 1.82) is 5.26 Å². The molecular weight excluding hydrogens is 492 g/mol. The molecule has 0 radical (unpaired) electrons. The van der Waals surface area contributed by atoms with E-state index in [-0.39, 0.29) is 46.2 Å². The van der Waals surface area contributed by atoms with Crippen LogP contribution in [0.3, 0.4) is 0 Å². The van der Waals surface area contributed by atoms with Crippen molar-refractivity contribution in [3.8, 4) is 6.07 Å². The van der Waals surface area contributed by atoms with Crippen LogP contribution in [-0.2, 0) is 26.2 Å². The number of nitriles is 1. The van der Waals surface area contributed by atoms with Crippen LogP contribution in [0.25, 0.3) is 6.08 Å². The first kappa shape index (κ1) is 26.4. The maximum Gasteiger partial charge on any atom is 0.310 e. The molecule has 12 heteroatoms. The Kier molecular flexibility index (Phi) is 8.34. The Labute approximate surface area is 212 Å². The number of pyridine rings is 1. The smallest absolute Gasteiger partial charge is 0.310 e. The number of thioether (sulfide) groups is 1. The summed E-state index contributed by atoms with van der Waals surface area (Å²) in [5, 5.41) is 18.6. The van der Waals surface area contributed by atoms with Gasteiger partial charge in [0.25, 0.3) is 11.5 Å². The Morgan fingerprint density at radius 3 is 2.71 bits per heavy atom. The van der Waals surface area contributed by atoms with Gasteiger partial charge in [-0.1, -0.05) is 24.0 Å². The fourth-order valence-corrected chi connectivity index (χ4v) is 5.54. The molecule has 2 aliphatic heterocycles. The summed E-state index contributed by atoms with van der Waals surface area (Å²) in [5.74, 6) is -1.64. The average molecular weight is 519 g/mol. The van der Waals surface area contributed by atoms with Gasteiger partial charge < -0.3 is 14.7 Å². The quantitative estimate of drug-likeness (QED) is 0.325. The van der Waals surface area contributed by atoms with Crippen LogP contribution in [0.1, 0.15) is 42.9 Å². The summed E-state index contributed by atoms with van der Waals surface area (Å²) in [7, 11) is 1.56. The molecule has 1 amide bonds. The fraction of sp³-hybridized carbons (Fsp3) is 0.478. The van der Waals surface area contributed by atoms with Gasteiger partial charge in [0.15, 0.2) is 0 Å². The molecule has 3 rings (SSSR count). The van der Waals surface area contributed by atoms with Crippen molar-refractivity contribution in [3.05, 3.63) is 31.9 Å². The number of anilines is 1. The number of piperidine rings is 1. The van der Waals surface area contributed by atoms with Crippen LogP contribution in [0.4, 0.5) is 5.82 Å². The van der Waals surface area contributed by atoms with E-state index in [0.717, 1.165) is 11.8 Å². The highest BCUT2D eigenvalue weighted by Gasteiger charge is 2.34. The van der Waals surface area contributed by atoms with Crippen molar-refractivity contribution in [2.75, 3.05) is 31.1 Å². The van der Waals surface area contributed by atoms with Crippen LogP contribution in [0.5, 0.6) is 0 Å². The van der Waals surface area contributed by atoms with Crippen molar-refractivity contribution in [1.82, 2.24) is 9.47 Å². The average Bonchev–Trinajstić information content (AvgIpc) is 3.08. The van der Waals surface area contributed by atoms with Crippen LogP contribution in [0, 0.1) is 24.2 Å². The first-order chi connectivity index (χ1) is 16.6. The molecular formula is C23H26N4O6S2. The highest BCUT2D eigenvalue weighted by atomic mass is 32.2. The molecule has 2 fully saturated rings. The molecule has 0 bridgehead atoms.